The molecule has 4 nitrogen and oxygen atoms in total. The molecule has 1 saturated heterocycles. The Balaban J connectivity index is 1.95. The van der Waals surface area contributed by atoms with Gasteiger partial charge in [0.25, 0.3) is 0 Å². The van der Waals surface area contributed by atoms with Gasteiger partial charge in [-0.05, 0) is 51.9 Å². The number of ketones is 1. The van der Waals surface area contributed by atoms with Crippen LogP contribution in [-0.4, -0.2) is 36.0 Å². The summed E-state index contributed by atoms with van der Waals surface area (Å²) in [4.78, 5) is 11.7. The molecule has 1 fully saturated rings. The molecule has 0 aromatic carbocycles. The Labute approximate surface area is 126 Å². The average Bonchev–Trinajstić information content (AvgIpc) is 2.67. The van der Waals surface area contributed by atoms with E-state index in [9.17, 15) is 9.90 Å². The van der Waals surface area contributed by atoms with Gasteiger partial charge in [0, 0.05) is 12.2 Å². The predicted molar refractivity (Wildman–Crippen MR) is 79.5 cm³/mol. The fraction of sp³-hybridized carbons (Fsp3) is 0.706. The van der Waals surface area contributed by atoms with Crippen LogP contribution in [0.25, 0.3) is 0 Å². The second-order valence-corrected chi connectivity index (χ2v) is 5.69. The third-order valence-electron chi connectivity index (χ3n) is 3.94. The first-order chi connectivity index (χ1) is 10.1. The Bertz CT molecular complexity index is 451. The number of allylic oxidation sites excluding steroid dienone is 1. The highest BCUT2D eigenvalue weighted by molar-refractivity contribution is 5.96. The van der Waals surface area contributed by atoms with E-state index >= 15 is 0 Å². The zero-order chi connectivity index (χ0) is 15.1. The zero-order valence-corrected chi connectivity index (χ0v) is 12.7. The average molecular weight is 292 g/mol. The minimum absolute atomic E-state index is 0.106. The summed E-state index contributed by atoms with van der Waals surface area (Å²) in [6.45, 7) is 2.44. The molecule has 2 rings (SSSR count). The van der Waals surface area contributed by atoms with Crippen molar-refractivity contribution in [2.24, 2.45) is 0 Å². The molecule has 4 heteroatoms. The van der Waals surface area contributed by atoms with Crippen LogP contribution in [0.1, 0.15) is 51.9 Å². The number of Topliss-reactive ketones (excluding diaryl/α,β-unsaturated/α-hetero) is 1. The molecule has 21 heavy (non-hydrogen) atoms. The molecule has 0 bridgehead atoms. The van der Waals surface area contributed by atoms with E-state index in [1.807, 2.05) is 6.08 Å². The van der Waals surface area contributed by atoms with Crippen LogP contribution in [0.2, 0.25) is 0 Å². The van der Waals surface area contributed by atoms with Gasteiger partial charge in [-0.15, -0.1) is 0 Å². The van der Waals surface area contributed by atoms with Gasteiger partial charge >= 0.3 is 0 Å². The summed E-state index contributed by atoms with van der Waals surface area (Å²) in [6.07, 6.45) is 7.91. The van der Waals surface area contributed by atoms with Gasteiger partial charge in [0.05, 0.1) is 0 Å². The first-order valence-electron chi connectivity index (χ1n) is 7.79. The van der Waals surface area contributed by atoms with Crippen LogP contribution in [0.4, 0.5) is 0 Å². The first-order valence-corrected chi connectivity index (χ1v) is 7.79. The van der Waals surface area contributed by atoms with Gasteiger partial charge in [-0.25, -0.2) is 0 Å². The molecular weight excluding hydrogens is 268 g/mol. The predicted octanol–water partition coefficient (Wildman–Crippen LogP) is 2.35. The number of hydrogen-bond acceptors (Lipinski definition) is 4. The van der Waals surface area contributed by atoms with Gasteiger partial charge < -0.3 is 14.6 Å². The van der Waals surface area contributed by atoms with E-state index in [1.54, 1.807) is 0 Å². The van der Waals surface area contributed by atoms with Crippen molar-refractivity contribution < 1.29 is 19.4 Å². The van der Waals surface area contributed by atoms with E-state index in [1.165, 1.54) is 6.92 Å². The standard InChI is InChI=1S/C17H24O4/c1-14(18)15-8-3-2-5-10-17(15,19)11-7-13-21-16-9-4-6-12-20-16/h8,16,19H,2-6,9-10,12-13H2,1H3. The Morgan fingerprint density at radius 3 is 3.05 bits per heavy atom. The van der Waals surface area contributed by atoms with E-state index in [0.717, 1.165) is 45.1 Å². The van der Waals surface area contributed by atoms with Gasteiger partial charge in [0.15, 0.2) is 17.7 Å². The molecule has 0 aromatic heterocycles. The SMILES string of the molecule is CC(=O)C1=CCCCCC1(O)C#CCOC1CCCCO1. The number of rotatable bonds is 3. The number of carbonyl (C=O) groups excluding carboxylic acids is 1. The van der Waals surface area contributed by atoms with Crippen molar-refractivity contribution in [2.75, 3.05) is 13.2 Å². The van der Waals surface area contributed by atoms with Gasteiger partial charge in [-0.2, -0.15) is 0 Å². The minimum atomic E-state index is -1.32. The maximum atomic E-state index is 11.7. The van der Waals surface area contributed by atoms with Gasteiger partial charge in [0.2, 0.25) is 0 Å². The summed E-state index contributed by atoms with van der Waals surface area (Å²) < 4.78 is 11.0. The molecule has 2 atom stereocenters. The van der Waals surface area contributed by atoms with Crippen molar-refractivity contribution in [1.29, 1.82) is 0 Å². The molecule has 1 N–H and O–H groups in total. The highest BCUT2D eigenvalue weighted by atomic mass is 16.7. The number of aliphatic hydroxyl groups is 1. The molecule has 1 heterocycles. The summed E-state index contributed by atoms with van der Waals surface area (Å²) in [5.74, 6) is 5.60. The van der Waals surface area contributed by atoms with Crippen LogP contribution in [0.15, 0.2) is 11.6 Å². The lowest BCUT2D eigenvalue weighted by Crippen LogP contribution is -2.32. The summed E-state index contributed by atoms with van der Waals surface area (Å²) in [7, 11) is 0. The monoisotopic (exact) mass is 292 g/mol. The molecule has 1 aliphatic carbocycles. The Kier molecular flexibility index (Phi) is 5.98. The topological polar surface area (TPSA) is 55.8 Å². The van der Waals surface area contributed by atoms with Crippen LogP contribution >= 0.6 is 0 Å². The summed E-state index contributed by atoms with van der Waals surface area (Å²) in [5.41, 5.74) is -0.888. The molecule has 0 radical (unpaired) electrons. The molecule has 2 aliphatic rings. The lowest BCUT2D eigenvalue weighted by molar-refractivity contribution is -0.154. The second-order valence-electron chi connectivity index (χ2n) is 5.69. The Morgan fingerprint density at radius 1 is 1.48 bits per heavy atom. The number of ether oxygens (including phenoxy) is 2. The van der Waals surface area contributed by atoms with Crippen LogP contribution in [0, 0.1) is 11.8 Å². The van der Waals surface area contributed by atoms with Crippen molar-refractivity contribution in [3.05, 3.63) is 11.6 Å². The van der Waals surface area contributed by atoms with Crippen molar-refractivity contribution in [3.63, 3.8) is 0 Å². The molecule has 1 aliphatic heterocycles. The summed E-state index contributed by atoms with van der Waals surface area (Å²) in [6, 6.07) is 0. The van der Waals surface area contributed by atoms with Crippen LogP contribution in [0.3, 0.4) is 0 Å². The van der Waals surface area contributed by atoms with Gasteiger partial charge in [-0.1, -0.05) is 17.9 Å². The van der Waals surface area contributed by atoms with Crippen LogP contribution in [0.5, 0.6) is 0 Å². The lowest BCUT2D eigenvalue weighted by atomic mass is 9.88. The Hall–Kier alpha value is -1.15. The zero-order valence-electron chi connectivity index (χ0n) is 12.7. The van der Waals surface area contributed by atoms with Gasteiger partial charge in [0.1, 0.15) is 6.61 Å². The van der Waals surface area contributed by atoms with E-state index in [0.29, 0.717) is 12.0 Å². The van der Waals surface area contributed by atoms with Crippen molar-refractivity contribution in [1.82, 2.24) is 0 Å². The summed E-state index contributed by atoms with van der Waals surface area (Å²) in [5, 5.41) is 10.7. The quantitative estimate of drug-likeness (QED) is 0.811. The molecule has 0 aromatic rings. The highest BCUT2D eigenvalue weighted by Crippen LogP contribution is 2.28. The molecule has 0 amide bonds. The second kappa shape index (κ2) is 7.74. The largest absolute Gasteiger partial charge is 0.373 e. The Morgan fingerprint density at radius 2 is 2.33 bits per heavy atom. The third-order valence-corrected chi connectivity index (χ3v) is 3.94. The molecule has 0 saturated carbocycles. The third kappa shape index (κ3) is 4.67. The van der Waals surface area contributed by atoms with Crippen molar-refractivity contribution in [3.8, 4) is 11.8 Å². The van der Waals surface area contributed by atoms with E-state index in [4.69, 9.17) is 9.47 Å². The fourth-order valence-electron chi connectivity index (χ4n) is 2.80. The highest BCUT2D eigenvalue weighted by Gasteiger charge is 2.33. The molecule has 0 spiro atoms. The summed E-state index contributed by atoms with van der Waals surface area (Å²) >= 11 is 0. The van der Waals surface area contributed by atoms with E-state index in [-0.39, 0.29) is 18.7 Å². The van der Waals surface area contributed by atoms with Crippen LogP contribution < -0.4 is 0 Å². The van der Waals surface area contributed by atoms with E-state index < -0.39 is 5.60 Å². The van der Waals surface area contributed by atoms with Crippen LogP contribution in [-0.2, 0) is 14.3 Å². The molecule has 116 valence electrons. The maximum Gasteiger partial charge on any atom is 0.159 e. The fourth-order valence-corrected chi connectivity index (χ4v) is 2.80. The lowest BCUT2D eigenvalue weighted by Gasteiger charge is -2.23. The number of hydrogen-bond donors (Lipinski definition) is 1. The van der Waals surface area contributed by atoms with E-state index in [2.05, 4.69) is 11.8 Å². The van der Waals surface area contributed by atoms with Gasteiger partial charge in [-0.3, -0.25) is 4.79 Å². The van der Waals surface area contributed by atoms with Crippen molar-refractivity contribution >= 4 is 5.78 Å². The smallest absolute Gasteiger partial charge is 0.159 e. The molecular formula is C17H24O4. The maximum absolute atomic E-state index is 11.7. The normalized spacial score (nSPS) is 29.8. The first kappa shape index (κ1) is 16.2. The molecule has 2 unspecified atom stereocenters. The minimum Gasteiger partial charge on any atom is -0.373 e. The van der Waals surface area contributed by atoms with Crippen molar-refractivity contribution in [2.45, 2.75) is 63.8 Å². The number of carbonyl (C=O) groups is 1.